The predicted octanol–water partition coefficient (Wildman–Crippen LogP) is 3.43. The maximum Gasteiger partial charge on any atom is 0.323 e. The van der Waals surface area contributed by atoms with Crippen molar-refractivity contribution < 1.29 is 14.3 Å². The number of nitrogens with zero attached hydrogens (tertiary/aromatic N) is 1. The third-order valence-corrected chi connectivity index (χ3v) is 5.22. The molecule has 3 rings (SSSR count). The van der Waals surface area contributed by atoms with Crippen molar-refractivity contribution in [1.82, 2.24) is 9.97 Å². The highest BCUT2D eigenvalue weighted by molar-refractivity contribution is 9.10. The third kappa shape index (κ3) is 3.69. The molecule has 0 radical (unpaired) electrons. The van der Waals surface area contributed by atoms with Gasteiger partial charge in [0.25, 0.3) is 5.91 Å². The lowest BCUT2D eigenvalue weighted by molar-refractivity contribution is -0.140. The molecule has 0 saturated carbocycles. The van der Waals surface area contributed by atoms with Crippen LogP contribution in [0.15, 0.2) is 52.1 Å². The van der Waals surface area contributed by atoms with Crippen LogP contribution in [0.3, 0.4) is 0 Å². The number of benzene rings is 2. The molecule has 8 heteroatoms. The largest absolute Gasteiger partial charge is 0.468 e. The van der Waals surface area contributed by atoms with Crippen LogP contribution in [-0.4, -0.2) is 29.0 Å². The molecule has 3 N–H and O–H groups in total. The predicted molar refractivity (Wildman–Crippen MR) is 99.4 cm³/mol. The number of amides is 1. The van der Waals surface area contributed by atoms with E-state index in [1.165, 1.54) is 18.9 Å². The molecule has 6 nitrogen and oxygen atoms in total. The van der Waals surface area contributed by atoms with Crippen LogP contribution >= 0.6 is 27.7 Å². The molecule has 0 spiro atoms. The number of carbonyl (C=O) groups excluding carboxylic acids is 2. The quantitative estimate of drug-likeness (QED) is 0.487. The normalized spacial score (nSPS) is 12.1. The Labute approximate surface area is 156 Å². The van der Waals surface area contributed by atoms with Gasteiger partial charge >= 0.3 is 5.97 Å². The van der Waals surface area contributed by atoms with Gasteiger partial charge in [-0.1, -0.05) is 45.9 Å². The number of nitrogens with one attached hydrogen (secondary N) is 1. The summed E-state index contributed by atoms with van der Waals surface area (Å²) in [7, 11) is 1.35. The van der Waals surface area contributed by atoms with E-state index in [4.69, 9.17) is 10.5 Å². The molecule has 0 bridgehead atoms. The molecule has 1 unspecified atom stereocenters. The van der Waals surface area contributed by atoms with Gasteiger partial charge in [-0.15, -0.1) is 0 Å². The zero-order valence-electron chi connectivity index (χ0n) is 13.2. The highest BCUT2D eigenvalue weighted by Crippen LogP contribution is 2.36. The number of hydrogen-bond donors (Lipinski definition) is 2. The number of halogens is 1. The van der Waals surface area contributed by atoms with Crippen molar-refractivity contribution >= 4 is 50.6 Å². The van der Waals surface area contributed by atoms with E-state index in [0.717, 1.165) is 10.0 Å². The van der Waals surface area contributed by atoms with Crippen molar-refractivity contribution in [3.8, 4) is 0 Å². The van der Waals surface area contributed by atoms with Crippen LogP contribution in [0.5, 0.6) is 0 Å². The lowest BCUT2D eigenvalue weighted by Crippen LogP contribution is -2.11. The number of H-pyrrole nitrogens is 1. The number of fused-ring (bicyclic) bond motifs is 1. The van der Waals surface area contributed by atoms with Crippen LogP contribution in [0, 0.1) is 0 Å². The van der Waals surface area contributed by atoms with Gasteiger partial charge in [-0.2, -0.15) is 0 Å². The van der Waals surface area contributed by atoms with E-state index in [1.807, 2.05) is 24.3 Å². The number of hydrogen-bond acceptors (Lipinski definition) is 5. The molecule has 1 amide bonds. The fourth-order valence-corrected chi connectivity index (χ4v) is 3.66. The number of aromatic nitrogens is 2. The third-order valence-electron chi connectivity index (χ3n) is 3.57. The number of rotatable bonds is 5. The number of aromatic amines is 1. The monoisotopic (exact) mass is 419 g/mol. The van der Waals surface area contributed by atoms with Crippen molar-refractivity contribution in [2.75, 3.05) is 7.11 Å². The Morgan fingerprint density at radius 1 is 1.24 bits per heavy atom. The Morgan fingerprint density at radius 2 is 1.96 bits per heavy atom. The molecule has 0 aliphatic rings. The molecular formula is C17H14BrN3O3S. The average molecular weight is 420 g/mol. The summed E-state index contributed by atoms with van der Waals surface area (Å²) in [6.07, 6.45) is 0. The second-order valence-corrected chi connectivity index (χ2v) is 7.19. The highest BCUT2D eigenvalue weighted by atomic mass is 79.9. The van der Waals surface area contributed by atoms with E-state index >= 15 is 0 Å². The van der Waals surface area contributed by atoms with Gasteiger partial charge in [0.2, 0.25) is 0 Å². The molecule has 25 heavy (non-hydrogen) atoms. The Morgan fingerprint density at radius 3 is 2.60 bits per heavy atom. The smallest absolute Gasteiger partial charge is 0.323 e. The van der Waals surface area contributed by atoms with E-state index in [-0.39, 0.29) is 5.97 Å². The van der Waals surface area contributed by atoms with Gasteiger partial charge in [0.15, 0.2) is 5.16 Å². The first-order valence-electron chi connectivity index (χ1n) is 7.28. The fraction of sp³-hybridized carbons (Fsp3) is 0.118. The molecular weight excluding hydrogens is 406 g/mol. The van der Waals surface area contributed by atoms with Crippen molar-refractivity contribution in [1.29, 1.82) is 0 Å². The minimum atomic E-state index is -0.587. The molecule has 0 aliphatic heterocycles. The number of ether oxygens (including phenoxy) is 1. The minimum absolute atomic E-state index is 0.332. The second kappa shape index (κ2) is 7.28. The fourth-order valence-electron chi connectivity index (χ4n) is 2.37. The van der Waals surface area contributed by atoms with Crippen LogP contribution in [0.4, 0.5) is 0 Å². The van der Waals surface area contributed by atoms with Gasteiger partial charge in [-0.25, -0.2) is 4.98 Å². The van der Waals surface area contributed by atoms with Crippen molar-refractivity contribution in [3.05, 3.63) is 58.1 Å². The average Bonchev–Trinajstić information content (AvgIpc) is 3.02. The van der Waals surface area contributed by atoms with Gasteiger partial charge in [-0.05, 0) is 29.8 Å². The Hall–Kier alpha value is -2.32. The van der Waals surface area contributed by atoms with E-state index < -0.39 is 11.2 Å². The number of thioether (sulfide) groups is 1. The Kier molecular flexibility index (Phi) is 5.10. The lowest BCUT2D eigenvalue weighted by Gasteiger charge is -2.13. The molecule has 1 heterocycles. The van der Waals surface area contributed by atoms with Crippen molar-refractivity contribution in [3.63, 3.8) is 0 Å². The number of para-hydroxylation sites is 1. The van der Waals surface area contributed by atoms with Gasteiger partial charge in [0, 0.05) is 4.47 Å². The van der Waals surface area contributed by atoms with Gasteiger partial charge in [0.05, 0.1) is 18.2 Å². The second-order valence-electron chi connectivity index (χ2n) is 5.18. The zero-order valence-corrected chi connectivity index (χ0v) is 15.6. The number of primary amides is 1. The summed E-state index contributed by atoms with van der Waals surface area (Å²) in [5, 5.41) is -0.0855. The summed E-state index contributed by atoms with van der Waals surface area (Å²) in [6.45, 7) is 0. The SMILES string of the molecule is COC(=O)C(Sc1nc2c(C(N)=O)cccc2[nH]1)c1ccc(Br)cc1. The zero-order chi connectivity index (χ0) is 18.0. The molecule has 1 atom stereocenters. The first kappa shape index (κ1) is 17.5. The standard InChI is InChI=1S/C17H14BrN3O3S/c1-24-16(23)14(9-5-7-10(18)8-6-9)25-17-20-12-4-2-3-11(15(19)22)13(12)21-17/h2-8,14H,1H3,(H2,19,22)(H,20,21). The number of methoxy groups -OCH3 is 1. The van der Waals surface area contributed by atoms with Crippen LogP contribution in [0.2, 0.25) is 0 Å². The molecule has 0 fully saturated rings. The maximum absolute atomic E-state index is 12.2. The first-order valence-corrected chi connectivity index (χ1v) is 8.95. The van der Waals surface area contributed by atoms with Gasteiger partial charge < -0.3 is 15.5 Å². The van der Waals surface area contributed by atoms with Gasteiger partial charge in [-0.3, -0.25) is 9.59 Å². The van der Waals surface area contributed by atoms with Crippen molar-refractivity contribution in [2.45, 2.75) is 10.4 Å². The minimum Gasteiger partial charge on any atom is -0.468 e. The summed E-state index contributed by atoms with van der Waals surface area (Å²) < 4.78 is 5.83. The van der Waals surface area contributed by atoms with Crippen LogP contribution < -0.4 is 5.73 Å². The molecule has 128 valence electrons. The van der Waals surface area contributed by atoms with Crippen LogP contribution in [0.25, 0.3) is 11.0 Å². The van der Waals surface area contributed by atoms with Gasteiger partial charge in [0.1, 0.15) is 10.8 Å². The van der Waals surface area contributed by atoms with E-state index in [0.29, 0.717) is 21.8 Å². The first-order chi connectivity index (χ1) is 12.0. The van der Waals surface area contributed by atoms with Crippen LogP contribution in [0.1, 0.15) is 21.2 Å². The number of esters is 1. The van der Waals surface area contributed by atoms with Crippen LogP contribution in [-0.2, 0) is 9.53 Å². The van der Waals surface area contributed by atoms with E-state index in [1.54, 1.807) is 18.2 Å². The highest BCUT2D eigenvalue weighted by Gasteiger charge is 2.25. The molecule has 3 aromatic rings. The summed E-state index contributed by atoms with van der Waals surface area (Å²) >= 11 is 4.59. The Bertz CT molecular complexity index is 940. The topological polar surface area (TPSA) is 98.1 Å². The van der Waals surface area contributed by atoms with E-state index in [9.17, 15) is 9.59 Å². The summed E-state index contributed by atoms with van der Waals surface area (Å²) in [6, 6.07) is 12.5. The summed E-state index contributed by atoms with van der Waals surface area (Å²) in [5.41, 5.74) is 7.67. The molecule has 0 aliphatic carbocycles. The maximum atomic E-state index is 12.2. The molecule has 1 aromatic heterocycles. The molecule has 2 aromatic carbocycles. The van der Waals surface area contributed by atoms with Crippen molar-refractivity contribution in [2.24, 2.45) is 5.73 Å². The Balaban J connectivity index is 1.98. The number of imidazole rings is 1. The summed E-state index contributed by atoms with van der Waals surface area (Å²) in [4.78, 5) is 31.3. The summed E-state index contributed by atoms with van der Waals surface area (Å²) in [5.74, 6) is -0.936. The van der Waals surface area contributed by atoms with E-state index in [2.05, 4.69) is 25.9 Å². The molecule has 0 saturated heterocycles. The number of nitrogens with two attached hydrogens (primary N) is 1. The lowest BCUT2D eigenvalue weighted by atomic mass is 10.1. The number of carbonyl (C=O) groups is 2.